The number of benzene rings is 3. The third kappa shape index (κ3) is 5.48. The first-order valence-corrected chi connectivity index (χ1v) is 12.0. The Hall–Kier alpha value is -4.20. The van der Waals surface area contributed by atoms with Crippen LogP contribution in [-0.2, 0) is 6.18 Å². The number of amides is 1. The van der Waals surface area contributed by atoms with Crippen LogP contribution in [0.4, 0.5) is 19.0 Å². The van der Waals surface area contributed by atoms with Crippen molar-refractivity contribution < 1.29 is 18.0 Å². The summed E-state index contributed by atoms with van der Waals surface area (Å²) in [5, 5.41) is 0. The average molecular weight is 503 g/mol. The summed E-state index contributed by atoms with van der Waals surface area (Å²) in [6.45, 7) is 3.95. The van der Waals surface area contributed by atoms with E-state index in [0.29, 0.717) is 48.8 Å². The standard InChI is InChI=1S/C29H25F3N4O/c1-20-18-26(34-27(33-20)24-8-5-9-25(19-24)29(30,31)32)35-14-16-36(17-15-35)28(37)23-12-10-22(11-13-23)21-6-3-2-4-7-21/h2-13,18-19H,14-17H2,1H3. The fourth-order valence-corrected chi connectivity index (χ4v) is 4.43. The Morgan fingerprint density at radius 1 is 0.757 bits per heavy atom. The average Bonchev–Trinajstić information content (AvgIpc) is 2.92. The van der Waals surface area contributed by atoms with E-state index in [2.05, 4.69) is 9.97 Å². The van der Waals surface area contributed by atoms with Crippen molar-refractivity contribution in [2.75, 3.05) is 31.1 Å². The maximum Gasteiger partial charge on any atom is 0.416 e. The molecule has 5 rings (SSSR count). The van der Waals surface area contributed by atoms with Crippen LogP contribution >= 0.6 is 0 Å². The molecule has 1 aliphatic rings. The van der Waals surface area contributed by atoms with Crippen molar-refractivity contribution in [3.8, 4) is 22.5 Å². The third-order valence-electron chi connectivity index (χ3n) is 6.42. The maximum absolute atomic E-state index is 13.2. The van der Waals surface area contributed by atoms with Crippen molar-refractivity contribution in [2.45, 2.75) is 13.1 Å². The Kier molecular flexibility index (Phi) is 6.65. The molecule has 8 heteroatoms. The molecule has 0 bridgehead atoms. The van der Waals surface area contributed by atoms with Crippen LogP contribution in [0, 0.1) is 6.92 Å². The molecule has 4 aromatic rings. The topological polar surface area (TPSA) is 49.3 Å². The number of carbonyl (C=O) groups is 1. The highest BCUT2D eigenvalue weighted by atomic mass is 19.4. The minimum Gasteiger partial charge on any atom is -0.353 e. The molecule has 1 saturated heterocycles. The number of aryl methyl sites for hydroxylation is 1. The summed E-state index contributed by atoms with van der Waals surface area (Å²) in [5.74, 6) is 0.861. The van der Waals surface area contributed by atoms with Crippen molar-refractivity contribution in [3.63, 3.8) is 0 Å². The van der Waals surface area contributed by atoms with Crippen molar-refractivity contribution in [3.05, 3.63) is 102 Å². The second-order valence-corrected chi connectivity index (χ2v) is 8.99. The quantitative estimate of drug-likeness (QED) is 0.338. The Morgan fingerprint density at radius 2 is 1.41 bits per heavy atom. The predicted molar refractivity (Wildman–Crippen MR) is 137 cm³/mol. The fourth-order valence-electron chi connectivity index (χ4n) is 4.43. The van der Waals surface area contributed by atoms with Crippen molar-refractivity contribution in [1.29, 1.82) is 0 Å². The molecule has 0 radical (unpaired) electrons. The van der Waals surface area contributed by atoms with E-state index >= 15 is 0 Å². The molecule has 0 saturated carbocycles. The van der Waals surface area contributed by atoms with Gasteiger partial charge in [0.25, 0.3) is 5.91 Å². The highest BCUT2D eigenvalue weighted by Crippen LogP contribution is 2.32. The number of hydrogen-bond donors (Lipinski definition) is 0. The number of halogens is 3. The second-order valence-electron chi connectivity index (χ2n) is 8.99. The molecule has 5 nitrogen and oxygen atoms in total. The smallest absolute Gasteiger partial charge is 0.353 e. The number of piperazine rings is 1. The summed E-state index contributed by atoms with van der Waals surface area (Å²) in [6.07, 6.45) is -4.44. The number of hydrogen-bond acceptors (Lipinski definition) is 4. The van der Waals surface area contributed by atoms with Crippen molar-refractivity contribution >= 4 is 11.7 Å². The number of aromatic nitrogens is 2. The molecule has 37 heavy (non-hydrogen) atoms. The largest absolute Gasteiger partial charge is 0.416 e. The number of carbonyl (C=O) groups excluding carboxylic acids is 1. The van der Waals surface area contributed by atoms with Gasteiger partial charge in [-0.3, -0.25) is 4.79 Å². The van der Waals surface area contributed by atoms with Crippen LogP contribution in [0.1, 0.15) is 21.6 Å². The Labute approximate surface area is 213 Å². The summed E-state index contributed by atoms with van der Waals surface area (Å²) < 4.78 is 39.5. The summed E-state index contributed by atoms with van der Waals surface area (Å²) >= 11 is 0. The van der Waals surface area contributed by atoms with Crippen LogP contribution in [0.3, 0.4) is 0 Å². The summed E-state index contributed by atoms with van der Waals surface area (Å²) in [4.78, 5) is 25.9. The van der Waals surface area contributed by atoms with Gasteiger partial charge in [0.15, 0.2) is 5.82 Å². The molecular weight excluding hydrogens is 477 g/mol. The van der Waals surface area contributed by atoms with E-state index in [0.717, 1.165) is 23.3 Å². The van der Waals surface area contributed by atoms with E-state index in [4.69, 9.17) is 0 Å². The Morgan fingerprint density at radius 3 is 2.08 bits per heavy atom. The lowest BCUT2D eigenvalue weighted by atomic mass is 10.0. The molecule has 188 valence electrons. The normalized spacial score (nSPS) is 14.1. The molecule has 3 aromatic carbocycles. The fraction of sp³-hybridized carbons (Fsp3) is 0.207. The first-order chi connectivity index (χ1) is 17.8. The van der Waals surface area contributed by atoms with E-state index in [-0.39, 0.29) is 11.7 Å². The molecule has 1 fully saturated rings. The first-order valence-electron chi connectivity index (χ1n) is 12.0. The summed E-state index contributed by atoms with van der Waals surface area (Å²) in [5.41, 5.74) is 3.03. The third-order valence-corrected chi connectivity index (χ3v) is 6.42. The van der Waals surface area contributed by atoms with Gasteiger partial charge < -0.3 is 9.80 Å². The molecule has 0 aliphatic carbocycles. The lowest BCUT2D eigenvalue weighted by molar-refractivity contribution is -0.137. The lowest BCUT2D eigenvalue weighted by Crippen LogP contribution is -2.49. The molecule has 0 N–H and O–H groups in total. The minimum atomic E-state index is -4.44. The molecule has 1 aromatic heterocycles. The maximum atomic E-state index is 13.2. The van der Waals surface area contributed by atoms with Gasteiger partial charge >= 0.3 is 6.18 Å². The van der Waals surface area contributed by atoms with E-state index in [1.807, 2.05) is 70.5 Å². The molecule has 1 aliphatic heterocycles. The molecular formula is C29H25F3N4O. The molecule has 2 heterocycles. The van der Waals surface area contributed by atoms with E-state index < -0.39 is 11.7 Å². The van der Waals surface area contributed by atoms with Crippen LogP contribution in [0.2, 0.25) is 0 Å². The van der Waals surface area contributed by atoms with Gasteiger partial charge in [-0.15, -0.1) is 0 Å². The molecule has 0 atom stereocenters. The summed E-state index contributed by atoms with van der Waals surface area (Å²) in [6, 6.07) is 24.5. The number of nitrogens with zero attached hydrogens (tertiary/aromatic N) is 4. The zero-order chi connectivity index (χ0) is 26.0. The monoisotopic (exact) mass is 502 g/mol. The van der Waals surface area contributed by atoms with Crippen LogP contribution in [0.25, 0.3) is 22.5 Å². The van der Waals surface area contributed by atoms with Crippen molar-refractivity contribution in [2.24, 2.45) is 0 Å². The van der Waals surface area contributed by atoms with Crippen LogP contribution in [-0.4, -0.2) is 47.0 Å². The van der Waals surface area contributed by atoms with E-state index in [1.165, 1.54) is 6.07 Å². The predicted octanol–water partition coefficient (Wildman–Crippen LogP) is 6.10. The van der Waals surface area contributed by atoms with Gasteiger partial charge in [0.05, 0.1) is 5.56 Å². The zero-order valence-corrected chi connectivity index (χ0v) is 20.2. The molecule has 0 spiro atoms. The van der Waals surface area contributed by atoms with Gasteiger partial charge in [0.1, 0.15) is 5.82 Å². The van der Waals surface area contributed by atoms with Gasteiger partial charge in [-0.05, 0) is 42.3 Å². The number of anilines is 1. The zero-order valence-electron chi connectivity index (χ0n) is 20.2. The first kappa shape index (κ1) is 24.5. The van der Waals surface area contributed by atoms with Crippen LogP contribution < -0.4 is 4.90 Å². The lowest BCUT2D eigenvalue weighted by Gasteiger charge is -2.35. The van der Waals surface area contributed by atoms with Gasteiger partial charge in [0, 0.05) is 49.1 Å². The van der Waals surface area contributed by atoms with E-state index in [9.17, 15) is 18.0 Å². The number of alkyl halides is 3. The van der Waals surface area contributed by atoms with Gasteiger partial charge in [-0.25, -0.2) is 9.97 Å². The Bertz CT molecular complexity index is 1400. The van der Waals surface area contributed by atoms with Crippen LogP contribution in [0.5, 0.6) is 0 Å². The van der Waals surface area contributed by atoms with Gasteiger partial charge in [-0.2, -0.15) is 13.2 Å². The van der Waals surface area contributed by atoms with Gasteiger partial charge in [-0.1, -0.05) is 54.6 Å². The van der Waals surface area contributed by atoms with Crippen LogP contribution in [0.15, 0.2) is 84.9 Å². The highest BCUT2D eigenvalue weighted by molar-refractivity contribution is 5.95. The van der Waals surface area contributed by atoms with Crippen molar-refractivity contribution in [1.82, 2.24) is 14.9 Å². The van der Waals surface area contributed by atoms with E-state index in [1.54, 1.807) is 13.0 Å². The molecule has 1 amide bonds. The SMILES string of the molecule is Cc1cc(N2CCN(C(=O)c3ccc(-c4ccccc4)cc3)CC2)nc(-c2cccc(C(F)(F)F)c2)n1. The second kappa shape index (κ2) is 10.0. The number of rotatable bonds is 4. The van der Waals surface area contributed by atoms with Gasteiger partial charge in [0.2, 0.25) is 0 Å². The Balaban J connectivity index is 1.27. The minimum absolute atomic E-state index is 0.0252. The molecule has 0 unspecified atom stereocenters. The summed E-state index contributed by atoms with van der Waals surface area (Å²) in [7, 11) is 0. The highest BCUT2D eigenvalue weighted by Gasteiger charge is 2.31.